The van der Waals surface area contributed by atoms with Crippen LogP contribution >= 0.6 is 0 Å². The second-order valence-corrected chi connectivity index (χ2v) is 5.58. The average molecular weight is 295 g/mol. The van der Waals surface area contributed by atoms with E-state index in [1.54, 1.807) is 11.9 Å². The first-order chi connectivity index (χ1) is 9.20. The number of rotatable bonds is 5. The molecule has 1 rings (SSSR count). The molecule has 0 aliphatic carbocycles. The van der Waals surface area contributed by atoms with Crippen molar-refractivity contribution >= 4 is 5.91 Å². The predicted molar refractivity (Wildman–Crippen MR) is 71.4 cm³/mol. The van der Waals surface area contributed by atoms with Crippen LogP contribution in [0.5, 0.6) is 0 Å². The SMILES string of the molecule is CC(C)N1CCC(N(C)C(=O)CNCC(F)(F)F)CC1. The minimum atomic E-state index is -4.28. The largest absolute Gasteiger partial charge is 0.401 e. The number of piperidine rings is 1. The van der Waals surface area contributed by atoms with E-state index in [0.717, 1.165) is 25.9 Å². The summed E-state index contributed by atoms with van der Waals surface area (Å²) in [5, 5.41) is 2.15. The Kier molecular flexibility index (Phi) is 6.26. The highest BCUT2D eigenvalue weighted by Gasteiger charge is 2.29. The summed E-state index contributed by atoms with van der Waals surface area (Å²) in [6.45, 7) is 4.73. The summed E-state index contributed by atoms with van der Waals surface area (Å²) in [4.78, 5) is 15.8. The van der Waals surface area contributed by atoms with Gasteiger partial charge in [0, 0.05) is 32.2 Å². The van der Waals surface area contributed by atoms with Crippen molar-refractivity contribution in [2.24, 2.45) is 0 Å². The molecule has 20 heavy (non-hydrogen) atoms. The fourth-order valence-electron chi connectivity index (χ4n) is 2.43. The quantitative estimate of drug-likeness (QED) is 0.834. The molecule has 0 aromatic carbocycles. The van der Waals surface area contributed by atoms with Crippen LogP contribution in [0.2, 0.25) is 0 Å². The number of alkyl halides is 3. The molecule has 1 heterocycles. The van der Waals surface area contributed by atoms with Gasteiger partial charge in [-0.15, -0.1) is 0 Å². The van der Waals surface area contributed by atoms with Crippen molar-refractivity contribution in [1.29, 1.82) is 0 Å². The number of likely N-dealkylation sites (tertiary alicyclic amines) is 1. The van der Waals surface area contributed by atoms with Gasteiger partial charge in [-0.25, -0.2) is 0 Å². The van der Waals surface area contributed by atoms with Crippen molar-refractivity contribution in [3.05, 3.63) is 0 Å². The zero-order valence-electron chi connectivity index (χ0n) is 12.3. The smallest absolute Gasteiger partial charge is 0.342 e. The molecule has 1 amide bonds. The normalized spacial score (nSPS) is 18.6. The maximum Gasteiger partial charge on any atom is 0.401 e. The van der Waals surface area contributed by atoms with Crippen molar-refractivity contribution < 1.29 is 18.0 Å². The molecule has 0 radical (unpaired) electrons. The molecule has 0 atom stereocenters. The van der Waals surface area contributed by atoms with Crippen molar-refractivity contribution in [2.45, 2.75) is 44.9 Å². The Bertz CT molecular complexity index is 312. The summed E-state index contributed by atoms with van der Waals surface area (Å²) in [6.07, 6.45) is -2.53. The molecule has 0 aromatic rings. The van der Waals surface area contributed by atoms with Gasteiger partial charge in [-0.1, -0.05) is 0 Å². The summed E-state index contributed by atoms with van der Waals surface area (Å²) in [5.74, 6) is -0.280. The summed E-state index contributed by atoms with van der Waals surface area (Å²) < 4.78 is 36.0. The topological polar surface area (TPSA) is 35.6 Å². The molecule has 0 bridgehead atoms. The van der Waals surface area contributed by atoms with E-state index < -0.39 is 12.7 Å². The first kappa shape index (κ1) is 17.2. The molecule has 0 aromatic heterocycles. The Morgan fingerprint density at radius 2 is 1.90 bits per heavy atom. The second-order valence-electron chi connectivity index (χ2n) is 5.58. The van der Waals surface area contributed by atoms with Gasteiger partial charge in [-0.2, -0.15) is 13.2 Å². The van der Waals surface area contributed by atoms with Crippen LogP contribution in [0.1, 0.15) is 26.7 Å². The van der Waals surface area contributed by atoms with E-state index in [-0.39, 0.29) is 18.5 Å². The molecular weight excluding hydrogens is 271 g/mol. The second kappa shape index (κ2) is 7.26. The van der Waals surface area contributed by atoms with Gasteiger partial charge in [-0.3, -0.25) is 4.79 Å². The zero-order valence-corrected chi connectivity index (χ0v) is 12.3. The van der Waals surface area contributed by atoms with Crippen molar-refractivity contribution in [1.82, 2.24) is 15.1 Å². The number of halogens is 3. The minimum Gasteiger partial charge on any atom is -0.342 e. The molecular formula is C13H24F3N3O. The van der Waals surface area contributed by atoms with Gasteiger partial charge in [0.15, 0.2) is 0 Å². The zero-order chi connectivity index (χ0) is 15.3. The number of nitrogens with zero attached hydrogens (tertiary/aromatic N) is 2. The van der Waals surface area contributed by atoms with Gasteiger partial charge in [-0.05, 0) is 26.7 Å². The van der Waals surface area contributed by atoms with Crippen LogP contribution in [0.3, 0.4) is 0 Å². The molecule has 1 aliphatic rings. The number of amides is 1. The van der Waals surface area contributed by atoms with Crippen LogP contribution < -0.4 is 5.32 Å². The lowest BCUT2D eigenvalue weighted by atomic mass is 10.0. The van der Waals surface area contributed by atoms with Crippen LogP contribution in [0, 0.1) is 0 Å². The van der Waals surface area contributed by atoms with E-state index in [2.05, 4.69) is 24.1 Å². The predicted octanol–water partition coefficient (Wildman–Crippen LogP) is 1.47. The van der Waals surface area contributed by atoms with E-state index >= 15 is 0 Å². The van der Waals surface area contributed by atoms with Crippen LogP contribution in [0.15, 0.2) is 0 Å². The number of nitrogens with one attached hydrogen (secondary N) is 1. The maximum absolute atomic E-state index is 12.0. The number of hydrogen-bond donors (Lipinski definition) is 1. The van der Waals surface area contributed by atoms with E-state index in [1.165, 1.54) is 0 Å². The Morgan fingerprint density at radius 1 is 1.35 bits per heavy atom. The molecule has 0 spiro atoms. The van der Waals surface area contributed by atoms with Crippen LogP contribution in [-0.4, -0.2) is 67.2 Å². The van der Waals surface area contributed by atoms with Gasteiger partial charge in [0.1, 0.15) is 0 Å². The number of hydrogen-bond acceptors (Lipinski definition) is 3. The standard InChI is InChI=1S/C13H24F3N3O/c1-10(2)19-6-4-11(5-7-19)18(3)12(20)8-17-9-13(14,15)16/h10-11,17H,4-9H2,1-3H3. The monoisotopic (exact) mass is 295 g/mol. The first-order valence-electron chi connectivity index (χ1n) is 6.98. The Labute approximate surface area is 118 Å². The van der Waals surface area contributed by atoms with Crippen LogP contribution in [-0.2, 0) is 4.79 Å². The third-order valence-electron chi connectivity index (χ3n) is 3.77. The number of likely N-dealkylation sites (N-methyl/N-ethyl adjacent to an activating group) is 1. The first-order valence-corrected chi connectivity index (χ1v) is 6.98. The van der Waals surface area contributed by atoms with Gasteiger partial charge >= 0.3 is 6.18 Å². The lowest BCUT2D eigenvalue weighted by Gasteiger charge is -2.38. The van der Waals surface area contributed by atoms with Gasteiger partial charge in [0.2, 0.25) is 5.91 Å². The molecule has 0 saturated carbocycles. The lowest BCUT2D eigenvalue weighted by molar-refractivity contribution is -0.135. The minimum absolute atomic E-state index is 0.130. The number of carbonyl (C=O) groups excluding carboxylic acids is 1. The molecule has 0 unspecified atom stereocenters. The third kappa shape index (κ3) is 5.66. The van der Waals surface area contributed by atoms with Gasteiger partial charge in [0.05, 0.1) is 13.1 Å². The van der Waals surface area contributed by atoms with Crippen LogP contribution in [0.4, 0.5) is 13.2 Å². The average Bonchev–Trinajstić information content (AvgIpc) is 2.36. The summed E-state index contributed by atoms with van der Waals surface area (Å²) in [6, 6.07) is 0.621. The molecule has 4 nitrogen and oxygen atoms in total. The number of carbonyl (C=O) groups is 1. The Morgan fingerprint density at radius 3 is 2.35 bits per heavy atom. The highest BCUT2D eigenvalue weighted by molar-refractivity contribution is 5.78. The highest BCUT2D eigenvalue weighted by atomic mass is 19.4. The van der Waals surface area contributed by atoms with E-state index in [9.17, 15) is 18.0 Å². The lowest BCUT2D eigenvalue weighted by Crippen LogP contribution is -2.49. The highest BCUT2D eigenvalue weighted by Crippen LogP contribution is 2.17. The van der Waals surface area contributed by atoms with E-state index in [0.29, 0.717) is 6.04 Å². The van der Waals surface area contributed by atoms with Gasteiger partial charge < -0.3 is 15.1 Å². The molecule has 1 saturated heterocycles. The van der Waals surface area contributed by atoms with E-state index in [4.69, 9.17) is 0 Å². The summed E-state index contributed by atoms with van der Waals surface area (Å²) in [5.41, 5.74) is 0. The van der Waals surface area contributed by atoms with Crippen molar-refractivity contribution in [2.75, 3.05) is 33.2 Å². The maximum atomic E-state index is 12.0. The molecule has 1 aliphatic heterocycles. The molecule has 7 heteroatoms. The van der Waals surface area contributed by atoms with E-state index in [1.807, 2.05) is 0 Å². The summed E-state index contributed by atoms with van der Waals surface area (Å²) >= 11 is 0. The third-order valence-corrected chi connectivity index (χ3v) is 3.77. The Balaban J connectivity index is 2.31. The molecule has 118 valence electrons. The van der Waals surface area contributed by atoms with Gasteiger partial charge in [0.25, 0.3) is 0 Å². The fraction of sp³-hybridized carbons (Fsp3) is 0.923. The molecule has 1 N–H and O–H groups in total. The van der Waals surface area contributed by atoms with Crippen molar-refractivity contribution in [3.63, 3.8) is 0 Å². The van der Waals surface area contributed by atoms with Crippen molar-refractivity contribution in [3.8, 4) is 0 Å². The van der Waals surface area contributed by atoms with Crippen LogP contribution in [0.25, 0.3) is 0 Å². The summed E-state index contributed by atoms with van der Waals surface area (Å²) in [7, 11) is 1.67. The Hall–Kier alpha value is -0.820. The fourth-order valence-corrected chi connectivity index (χ4v) is 2.43. The molecule has 1 fully saturated rings.